The zero-order valence-electron chi connectivity index (χ0n) is 13.9. The highest BCUT2D eigenvalue weighted by atomic mass is 16.5. The maximum atomic E-state index is 10.1. The van der Waals surface area contributed by atoms with Crippen LogP contribution in [0.2, 0.25) is 0 Å². The van der Waals surface area contributed by atoms with E-state index in [-0.39, 0.29) is 0 Å². The molecule has 2 bridgehead atoms. The van der Waals surface area contributed by atoms with Crippen LogP contribution in [0.4, 0.5) is 0 Å². The molecule has 1 heterocycles. The van der Waals surface area contributed by atoms with E-state index in [0.717, 1.165) is 49.2 Å². The predicted octanol–water partition coefficient (Wildman–Crippen LogP) is 1.05. The van der Waals surface area contributed by atoms with Crippen LogP contribution in [0.25, 0.3) is 0 Å². The number of hydrogen-bond donors (Lipinski definition) is 1. The van der Waals surface area contributed by atoms with E-state index in [1.807, 2.05) is 0 Å². The van der Waals surface area contributed by atoms with Crippen LogP contribution in [0.15, 0.2) is 0 Å². The summed E-state index contributed by atoms with van der Waals surface area (Å²) in [6.07, 6.45) is 5.48. The van der Waals surface area contributed by atoms with Crippen molar-refractivity contribution in [2.45, 2.75) is 37.9 Å². The fraction of sp³-hybridized carbons (Fsp3) is 1.00. The summed E-state index contributed by atoms with van der Waals surface area (Å²) < 4.78 is 17.8. The summed E-state index contributed by atoms with van der Waals surface area (Å²) in [6.45, 7) is 5.96. The zero-order valence-corrected chi connectivity index (χ0v) is 13.9. The maximum Gasteiger partial charge on any atom is 0.126 e. The topological polar surface area (TPSA) is 47.9 Å². The molecule has 0 aromatic heterocycles. The molecule has 3 rings (SSSR count). The summed E-state index contributed by atoms with van der Waals surface area (Å²) >= 11 is 0. The summed E-state index contributed by atoms with van der Waals surface area (Å²) in [4.78, 5) is 0. The fourth-order valence-electron chi connectivity index (χ4n) is 4.40. The van der Waals surface area contributed by atoms with E-state index in [1.165, 1.54) is 25.7 Å². The Morgan fingerprint density at radius 2 is 2.00 bits per heavy atom. The molecule has 5 heteroatoms. The molecule has 1 saturated heterocycles. The first kappa shape index (κ1) is 16.7. The number of aliphatic hydroxyl groups excluding tert-OH is 1. The van der Waals surface area contributed by atoms with E-state index in [0.29, 0.717) is 25.9 Å². The number of rotatable bonds is 8. The van der Waals surface area contributed by atoms with Gasteiger partial charge >= 0.3 is 0 Å². The van der Waals surface area contributed by atoms with E-state index in [4.69, 9.17) is 14.2 Å². The molecule has 0 aromatic rings. The van der Waals surface area contributed by atoms with Crippen LogP contribution < -0.4 is 0 Å². The van der Waals surface area contributed by atoms with Crippen molar-refractivity contribution in [1.29, 1.82) is 0 Å². The number of fused-ring (bicyclic) bond motifs is 2. The van der Waals surface area contributed by atoms with E-state index in [9.17, 15) is 5.11 Å². The number of hydrogen-bond acceptors (Lipinski definition) is 4. The van der Waals surface area contributed by atoms with Gasteiger partial charge in [-0.05, 0) is 37.5 Å². The molecule has 2 aliphatic carbocycles. The van der Waals surface area contributed by atoms with Crippen molar-refractivity contribution < 1.29 is 23.8 Å². The molecule has 128 valence electrons. The highest BCUT2D eigenvalue weighted by Crippen LogP contribution is 2.45. The number of aliphatic hydroxyl groups is 1. The quantitative estimate of drug-likeness (QED) is 0.537. The Hall–Kier alpha value is -0.200. The number of nitrogens with zero attached hydrogens (tertiary/aromatic N) is 1. The number of likely N-dealkylation sites (N-methyl/N-ethyl adjacent to an activating group) is 1. The van der Waals surface area contributed by atoms with Crippen molar-refractivity contribution in [2.75, 3.05) is 59.7 Å². The molecule has 3 fully saturated rings. The molecule has 0 unspecified atom stereocenters. The first-order chi connectivity index (χ1) is 10.6. The van der Waals surface area contributed by atoms with Gasteiger partial charge in [-0.2, -0.15) is 0 Å². The minimum atomic E-state index is -0.398. The lowest BCUT2D eigenvalue weighted by molar-refractivity contribution is -0.919. The Bertz CT molecular complexity index is 346. The fourth-order valence-corrected chi connectivity index (χ4v) is 4.40. The van der Waals surface area contributed by atoms with E-state index < -0.39 is 6.10 Å². The molecule has 0 amide bonds. The Kier molecular flexibility index (Phi) is 5.74. The molecule has 5 nitrogen and oxygen atoms in total. The van der Waals surface area contributed by atoms with Crippen molar-refractivity contribution in [1.82, 2.24) is 0 Å². The summed E-state index contributed by atoms with van der Waals surface area (Å²) in [5.41, 5.74) is 0. The van der Waals surface area contributed by atoms with E-state index in [2.05, 4.69) is 7.05 Å². The molecule has 4 atom stereocenters. The van der Waals surface area contributed by atoms with Gasteiger partial charge < -0.3 is 23.8 Å². The zero-order chi connectivity index (χ0) is 15.4. The molecule has 0 radical (unpaired) electrons. The molecular formula is C17H32NO4+. The van der Waals surface area contributed by atoms with Gasteiger partial charge in [0.05, 0.1) is 46.2 Å². The van der Waals surface area contributed by atoms with Crippen LogP contribution in [0.1, 0.15) is 25.7 Å². The Morgan fingerprint density at radius 3 is 2.68 bits per heavy atom. The van der Waals surface area contributed by atoms with Gasteiger partial charge in [-0.25, -0.2) is 0 Å². The van der Waals surface area contributed by atoms with Gasteiger partial charge in [-0.1, -0.05) is 0 Å². The highest BCUT2D eigenvalue weighted by molar-refractivity contribution is 4.90. The van der Waals surface area contributed by atoms with Gasteiger partial charge in [-0.3, -0.25) is 0 Å². The van der Waals surface area contributed by atoms with E-state index >= 15 is 0 Å². The lowest BCUT2D eigenvalue weighted by Gasteiger charge is -2.38. The lowest BCUT2D eigenvalue weighted by atomic mass is 9.98. The SMILES string of the molecule is C[N+]1(C[C@H](O)COCCO[C@H]2C[C@H]3CC[C@H]2C3)CCOCC1. The van der Waals surface area contributed by atoms with Gasteiger partial charge in [-0.15, -0.1) is 0 Å². The van der Waals surface area contributed by atoms with E-state index in [1.54, 1.807) is 0 Å². The van der Waals surface area contributed by atoms with Crippen molar-refractivity contribution in [3.05, 3.63) is 0 Å². The van der Waals surface area contributed by atoms with Crippen LogP contribution in [0, 0.1) is 11.8 Å². The monoisotopic (exact) mass is 314 g/mol. The average molecular weight is 314 g/mol. The summed E-state index contributed by atoms with van der Waals surface area (Å²) in [6, 6.07) is 0. The van der Waals surface area contributed by atoms with Crippen LogP contribution in [-0.4, -0.2) is 81.5 Å². The standard InChI is InChI=1S/C17H32NO4/c1-18(4-6-20-7-5-18)12-16(19)13-21-8-9-22-17-11-14-2-3-15(17)10-14/h14-17,19H,2-13H2,1H3/q+1/t14-,15-,16-,17-/m0/s1. The summed E-state index contributed by atoms with van der Waals surface area (Å²) in [7, 11) is 2.18. The minimum Gasteiger partial charge on any atom is -0.385 e. The minimum absolute atomic E-state index is 0.398. The van der Waals surface area contributed by atoms with Gasteiger partial charge in [0.2, 0.25) is 0 Å². The molecule has 22 heavy (non-hydrogen) atoms. The molecule has 0 aromatic carbocycles. The Labute approximate surface area is 134 Å². The van der Waals surface area contributed by atoms with Gasteiger partial charge in [0, 0.05) is 0 Å². The third kappa shape index (κ3) is 4.42. The van der Waals surface area contributed by atoms with Crippen LogP contribution >= 0.6 is 0 Å². The second-order valence-electron chi connectivity index (χ2n) is 7.67. The van der Waals surface area contributed by atoms with Crippen LogP contribution in [0.5, 0.6) is 0 Å². The Morgan fingerprint density at radius 1 is 1.18 bits per heavy atom. The highest BCUT2D eigenvalue weighted by Gasteiger charge is 2.40. The van der Waals surface area contributed by atoms with Gasteiger partial charge in [0.1, 0.15) is 25.7 Å². The molecule has 3 aliphatic rings. The lowest BCUT2D eigenvalue weighted by Crippen LogP contribution is -2.55. The van der Waals surface area contributed by atoms with Crippen molar-refractivity contribution in [3.8, 4) is 0 Å². The maximum absolute atomic E-state index is 10.1. The first-order valence-electron chi connectivity index (χ1n) is 8.93. The number of quaternary nitrogens is 1. The molecule has 1 N–H and O–H groups in total. The second-order valence-corrected chi connectivity index (χ2v) is 7.67. The largest absolute Gasteiger partial charge is 0.385 e. The summed E-state index contributed by atoms with van der Waals surface area (Å²) in [5, 5.41) is 10.1. The van der Waals surface area contributed by atoms with Crippen LogP contribution in [0.3, 0.4) is 0 Å². The van der Waals surface area contributed by atoms with Crippen LogP contribution in [-0.2, 0) is 14.2 Å². The van der Waals surface area contributed by atoms with Crippen molar-refractivity contribution >= 4 is 0 Å². The van der Waals surface area contributed by atoms with Crippen molar-refractivity contribution in [3.63, 3.8) is 0 Å². The normalized spacial score (nSPS) is 34.9. The third-order valence-electron chi connectivity index (χ3n) is 5.75. The first-order valence-corrected chi connectivity index (χ1v) is 8.93. The molecule has 0 spiro atoms. The van der Waals surface area contributed by atoms with Gasteiger partial charge in [0.25, 0.3) is 0 Å². The molecule has 2 saturated carbocycles. The predicted molar refractivity (Wildman–Crippen MR) is 83.6 cm³/mol. The Balaban J connectivity index is 1.24. The average Bonchev–Trinajstić information content (AvgIpc) is 3.09. The van der Waals surface area contributed by atoms with Gasteiger partial charge in [0.15, 0.2) is 0 Å². The second kappa shape index (κ2) is 7.58. The smallest absolute Gasteiger partial charge is 0.126 e. The molecule has 1 aliphatic heterocycles. The number of morpholine rings is 1. The molecular weight excluding hydrogens is 282 g/mol. The number of ether oxygens (including phenoxy) is 3. The summed E-state index contributed by atoms with van der Waals surface area (Å²) in [5.74, 6) is 1.73. The van der Waals surface area contributed by atoms with Crippen molar-refractivity contribution in [2.24, 2.45) is 11.8 Å². The third-order valence-corrected chi connectivity index (χ3v) is 5.75.